The molecule has 1 aliphatic carbocycles. The molecule has 1 aromatic rings. The normalized spacial score (nSPS) is 22.4. The predicted molar refractivity (Wildman–Crippen MR) is 63.0 cm³/mol. The fourth-order valence-corrected chi connectivity index (χ4v) is 2.10. The van der Waals surface area contributed by atoms with Crippen molar-refractivity contribution < 1.29 is 14.7 Å². The van der Waals surface area contributed by atoms with Crippen molar-refractivity contribution in [2.45, 2.75) is 25.3 Å². The van der Waals surface area contributed by atoms with Crippen molar-refractivity contribution >= 4 is 17.9 Å². The van der Waals surface area contributed by atoms with E-state index in [4.69, 9.17) is 5.11 Å². The first kappa shape index (κ1) is 12.3. The van der Waals surface area contributed by atoms with Crippen LogP contribution >= 0.6 is 0 Å². The maximum absolute atomic E-state index is 11.6. The van der Waals surface area contributed by atoms with Crippen LogP contribution < -0.4 is 10.6 Å². The van der Waals surface area contributed by atoms with Crippen LogP contribution in [0.15, 0.2) is 18.5 Å². The van der Waals surface area contributed by atoms with E-state index in [1.807, 2.05) is 0 Å². The van der Waals surface area contributed by atoms with Crippen LogP contribution in [0.2, 0.25) is 0 Å². The second-order valence-corrected chi connectivity index (χ2v) is 4.15. The van der Waals surface area contributed by atoms with Crippen molar-refractivity contribution in [2.75, 3.05) is 5.32 Å². The summed E-state index contributed by atoms with van der Waals surface area (Å²) in [6.07, 6.45) is 5.11. The number of nitrogens with zero attached hydrogens (tertiary/aromatic N) is 2. The van der Waals surface area contributed by atoms with Crippen LogP contribution in [0.3, 0.4) is 0 Å². The molecule has 7 heteroatoms. The predicted octanol–water partition coefficient (Wildman–Crippen LogP) is 0.851. The zero-order chi connectivity index (χ0) is 13.0. The van der Waals surface area contributed by atoms with Gasteiger partial charge in [0.05, 0.1) is 5.92 Å². The molecule has 0 spiro atoms. The van der Waals surface area contributed by atoms with Gasteiger partial charge in [-0.1, -0.05) is 6.42 Å². The molecule has 1 heterocycles. The summed E-state index contributed by atoms with van der Waals surface area (Å²) in [5, 5.41) is 14.1. The Balaban J connectivity index is 1.90. The summed E-state index contributed by atoms with van der Waals surface area (Å²) in [5.74, 6) is -1.18. The summed E-state index contributed by atoms with van der Waals surface area (Å²) in [6.45, 7) is 0. The lowest BCUT2D eigenvalue weighted by Gasteiger charge is -2.17. The SMILES string of the molecule is O=C(Nc1ncccn1)NC1CCCC1C(=O)O. The van der Waals surface area contributed by atoms with Crippen LogP contribution in [0.1, 0.15) is 19.3 Å². The number of nitrogens with one attached hydrogen (secondary N) is 2. The zero-order valence-corrected chi connectivity index (χ0v) is 9.67. The fourth-order valence-electron chi connectivity index (χ4n) is 2.10. The van der Waals surface area contributed by atoms with E-state index in [1.165, 1.54) is 12.4 Å². The molecule has 0 aromatic carbocycles. The molecule has 0 bridgehead atoms. The van der Waals surface area contributed by atoms with E-state index in [0.717, 1.165) is 6.42 Å². The Morgan fingerprint density at radius 3 is 2.67 bits per heavy atom. The molecular formula is C11H14N4O3. The molecule has 1 fully saturated rings. The average molecular weight is 250 g/mol. The Bertz CT molecular complexity index is 437. The third-order valence-electron chi connectivity index (χ3n) is 2.94. The standard InChI is InChI=1S/C11H14N4O3/c16-9(17)7-3-1-4-8(7)14-11(18)15-10-12-5-2-6-13-10/h2,5-8H,1,3-4H2,(H,16,17)(H2,12,13,14,15,18). The highest BCUT2D eigenvalue weighted by Gasteiger charge is 2.33. The lowest BCUT2D eigenvalue weighted by atomic mass is 10.0. The Morgan fingerprint density at radius 1 is 1.28 bits per heavy atom. The van der Waals surface area contributed by atoms with Gasteiger partial charge in [-0.15, -0.1) is 0 Å². The van der Waals surface area contributed by atoms with E-state index in [-0.39, 0.29) is 12.0 Å². The molecule has 0 saturated heterocycles. The Hall–Kier alpha value is -2.18. The minimum Gasteiger partial charge on any atom is -0.481 e. The maximum atomic E-state index is 11.6. The van der Waals surface area contributed by atoms with Crippen LogP contribution in [0.25, 0.3) is 0 Å². The van der Waals surface area contributed by atoms with E-state index < -0.39 is 17.9 Å². The van der Waals surface area contributed by atoms with Crippen LogP contribution in [0.5, 0.6) is 0 Å². The number of carboxylic acid groups (broad SMARTS) is 1. The first-order valence-electron chi connectivity index (χ1n) is 5.74. The molecule has 1 aromatic heterocycles. The largest absolute Gasteiger partial charge is 0.481 e. The van der Waals surface area contributed by atoms with Crippen molar-refractivity contribution in [1.82, 2.24) is 15.3 Å². The Morgan fingerprint density at radius 2 is 2.00 bits per heavy atom. The average Bonchev–Trinajstić information content (AvgIpc) is 2.78. The highest BCUT2D eigenvalue weighted by atomic mass is 16.4. The molecule has 2 atom stereocenters. The summed E-state index contributed by atoms with van der Waals surface area (Å²) in [4.78, 5) is 30.3. The van der Waals surface area contributed by atoms with Gasteiger partial charge >= 0.3 is 12.0 Å². The quantitative estimate of drug-likeness (QED) is 0.737. The van der Waals surface area contributed by atoms with Crippen molar-refractivity contribution in [2.24, 2.45) is 5.92 Å². The minimum atomic E-state index is -0.867. The molecule has 1 aliphatic rings. The van der Waals surface area contributed by atoms with Gasteiger partial charge < -0.3 is 10.4 Å². The summed E-state index contributed by atoms with van der Waals surface area (Å²) in [6, 6.07) is 0.839. The smallest absolute Gasteiger partial charge is 0.321 e. The van der Waals surface area contributed by atoms with Gasteiger partial charge in [-0.25, -0.2) is 14.8 Å². The van der Waals surface area contributed by atoms with Gasteiger partial charge in [0, 0.05) is 18.4 Å². The number of carboxylic acids is 1. The van der Waals surface area contributed by atoms with E-state index in [1.54, 1.807) is 6.07 Å². The minimum absolute atomic E-state index is 0.194. The number of carbonyl (C=O) groups excluding carboxylic acids is 1. The van der Waals surface area contributed by atoms with Gasteiger partial charge in [0.15, 0.2) is 0 Å². The van der Waals surface area contributed by atoms with Crippen molar-refractivity contribution in [3.8, 4) is 0 Å². The number of hydrogen-bond donors (Lipinski definition) is 3. The molecule has 0 radical (unpaired) electrons. The van der Waals surface area contributed by atoms with Crippen molar-refractivity contribution in [3.05, 3.63) is 18.5 Å². The summed E-state index contributed by atoms with van der Waals surface area (Å²) >= 11 is 0. The van der Waals surface area contributed by atoms with Crippen molar-refractivity contribution in [1.29, 1.82) is 0 Å². The molecule has 2 amide bonds. The lowest BCUT2D eigenvalue weighted by Crippen LogP contribution is -2.42. The third-order valence-corrected chi connectivity index (χ3v) is 2.94. The summed E-state index contributed by atoms with van der Waals surface area (Å²) in [5.41, 5.74) is 0. The highest BCUT2D eigenvalue weighted by molar-refractivity contribution is 5.88. The van der Waals surface area contributed by atoms with Gasteiger partial charge in [-0.2, -0.15) is 0 Å². The number of rotatable bonds is 3. The van der Waals surface area contributed by atoms with E-state index in [2.05, 4.69) is 20.6 Å². The fraction of sp³-hybridized carbons (Fsp3) is 0.455. The summed E-state index contributed by atoms with van der Waals surface area (Å²) < 4.78 is 0. The molecule has 18 heavy (non-hydrogen) atoms. The van der Waals surface area contributed by atoms with Crippen LogP contribution in [-0.4, -0.2) is 33.1 Å². The Kier molecular flexibility index (Phi) is 3.71. The molecule has 2 unspecified atom stereocenters. The topological polar surface area (TPSA) is 104 Å². The summed E-state index contributed by atoms with van der Waals surface area (Å²) in [7, 11) is 0. The van der Waals surface area contributed by atoms with E-state index in [9.17, 15) is 9.59 Å². The number of aromatic nitrogens is 2. The second kappa shape index (κ2) is 5.44. The molecule has 2 rings (SSSR count). The lowest BCUT2D eigenvalue weighted by molar-refractivity contribution is -0.142. The van der Waals surface area contributed by atoms with Crippen LogP contribution in [-0.2, 0) is 4.79 Å². The number of hydrogen-bond acceptors (Lipinski definition) is 4. The maximum Gasteiger partial charge on any atom is 0.321 e. The number of urea groups is 1. The molecule has 0 aliphatic heterocycles. The molecule has 3 N–H and O–H groups in total. The zero-order valence-electron chi connectivity index (χ0n) is 9.67. The number of carbonyl (C=O) groups is 2. The number of anilines is 1. The number of aliphatic carboxylic acids is 1. The first-order valence-corrected chi connectivity index (χ1v) is 5.74. The van der Waals surface area contributed by atoms with Gasteiger partial charge in [0.1, 0.15) is 0 Å². The van der Waals surface area contributed by atoms with Crippen molar-refractivity contribution in [3.63, 3.8) is 0 Å². The monoisotopic (exact) mass is 250 g/mol. The highest BCUT2D eigenvalue weighted by Crippen LogP contribution is 2.25. The molecule has 7 nitrogen and oxygen atoms in total. The van der Waals surface area contributed by atoms with Gasteiger partial charge in [0.25, 0.3) is 0 Å². The van der Waals surface area contributed by atoms with Crippen LogP contribution in [0.4, 0.5) is 10.7 Å². The molecule has 1 saturated carbocycles. The van der Waals surface area contributed by atoms with E-state index >= 15 is 0 Å². The second-order valence-electron chi connectivity index (χ2n) is 4.15. The van der Waals surface area contributed by atoms with Gasteiger partial charge in [-0.05, 0) is 18.9 Å². The third kappa shape index (κ3) is 2.93. The van der Waals surface area contributed by atoms with Crippen LogP contribution in [0, 0.1) is 5.92 Å². The first-order chi connectivity index (χ1) is 8.66. The Labute approximate surface area is 104 Å². The van der Waals surface area contributed by atoms with Gasteiger partial charge in [0.2, 0.25) is 5.95 Å². The van der Waals surface area contributed by atoms with E-state index in [0.29, 0.717) is 12.8 Å². The number of amides is 2. The molecule has 96 valence electrons. The van der Waals surface area contributed by atoms with Gasteiger partial charge in [-0.3, -0.25) is 10.1 Å². The molecular weight excluding hydrogens is 236 g/mol.